The molecule has 1 saturated heterocycles. The largest absolute Gasteiger partial charge is 0.493 e. The van der Waals surface area contributed by atoms with Gasteiger partial charge in [-0.1, -0.05) is 12.1 Å². The smallest absolute Gasteiger partial charge is 0.173 e. The van der Waals surface area contributed by atoms with Crippen LogP contribution in [0.3, 0.4) is 0 Å². The van der Waals surface area contributed by atoms with Crippen LogP contribution in [0.2, 0.25) is 0 Å². The van der Waals surface area contributed by atoms with Crippen LogP contribution < -0.4 is 10.1 Å². The molecule has 0 aliphatic carbocycles. The van der Waals surface area contributed by atoms with Gasteiger partial charge in [-0.25, -0.2) is 9.37 Å². The Morgan fingerprint density at radius 1 is 1.23 bits per heavy atom. The summed E-state index contributed by atoms with van der Waals surface area (Å²) in [5.41, 5.74) is 1.41. The summed E-state index contributed by atoms with van der Waals surface area (Å²) in [4.78, 5) is 8.95. The van der Waals surface area contributed by atoms with E-state index in [1.807, 2.05) is 19.1 Å². The number of para-hydroxylation sites is 1. The van der Waals surface area contributed by atoms with Crippen molar-refractivity contribution in [3.8, 4) is 5.75 Å². The number of anilines is 1. The monoisotopic (exact) mass is 443 g/mol. The van der Waals surface area contributed by atoms with Crippen molar-refractivity contribution in [2.24, 2.45) is 0 Å². The molecular weight excluding hydrogens is 419 g/mol. The fourth-order valence-corrected chi connectivity index (χ4v) is 4.49. The summed E-state index contributed by atoms with van der Waals surface area (Å²) in [7, 11) is 0. The second-order valence-electron chi connectivity index (χ2n) is 7.16. The number of fused-ring (bicyclic) bond motifs is 1. The van der Waals surface area contributed by atoms with Crippen LogP contribution >= 0.6 is 23.6 Å². The molecule has 30 heavy (non-hydrogen) atoms. The van der Waals surface area contributed by atoms with Crippen molar-refractivity contribution in [1.29, 1.82) is 0 Å². The number of piperazine rings is 1. The zero-order valence-corrected chi connectivity index (χ0v) is 18.4. The highest BCUT2D eigenvalue weighted by Crippen LogP contribution is 2.25. The average Bonchev–Trinajstić information content (AvgIpc) is 3.12. The molecule has 1 aliphatic heterocycles. The number of thiocarbonyl (C=S) groups is 1. The van der Waals surface area contributed by atoms with Crippen molar-refractivity contribution in [2.75, 3.05) is 44.6 Å². The van der Waals surface area contributed by atoms with Crippen LogP contribution in [-0.4, -0.2) is 59.2 Å². The molecule has 8 heteroatoms. The van der Waals surface area contributed by atoms with Crippen LogP contribution in [-0.2, 0) is 0 Å². The Labute approximate surface area is 185 Å². The van der Waals surface area contributed by atoms with Crippen LogP contribution in [0.1, 0.15) is 5.01 Å². The fourth-order valence-electron chi connectivity index (χ4n) is 3.39. The summed E-state index contributed by atoms with van der Waals surface area (Å²) in [5, 5.41) is 4.65. The number of aromatic nitrogens is 1. The van der Waals surface area contributed by atoms with E-state index in [9.17, 15) is 4.39 Å². The molecule has 0 spiro atoms. The van der Waals surface area contributed by atoms with E-state index < -0.39 is 0 Å². The first kappa shape index (κ1) is 21.0. The maximum absolute atomic E-state index is 13.8. The van der Waals surface area contributed by atoms with Crippen LogP contribution in [0.4, 0.5) is 10.1 Å². The Balaban J connectivity index is 1.17. The third-order valence-electron chi connectivity index (χ3n) is 5.00. The highest BCUT2D eigenvalue weighted by atomic mass is 32.1. The van der Waals surface area contributed by atoms with Gasteiger partial charge in [-0.15, -0.1) is 11.3 Å². The third kappa shape index (κ3) is 5.24. The number of benzene rings is 2. The highest BCUT2D eigenvalue weighted by Gasteiger charge is 2.19. The van der Waals surface area contributed by atoms with Gasteiger partial charge in [0.2, 0.25) is 0 Å². The lowest BCUT2D eigenvalue weighted by atomic mass is 10.3. The Hall–Kier alpha value is -2.29. The van der Waals surface area contributed by atoms with Gasteiger partial charge in [0.15, 0.2) is 5.11 Å². The SMILES string of the molecule is Cc1nc2cc(OC[CH]CN3CCN(C(=S)Nc4ccccc4F)CC3)ccc2s1. The molecule has 0 atom stereocenters. The minimum Gasteiger partial charge on any atom is -0.493 e. The van der Waals surface area contributed by atoms with E-state index in [1.54, 1.807) is 29.5 Å². The van der Waals surface area contributed by atoms with Gasteiger partial charge < -0.3 is 15.0 Å². The van der Waals surface area contributed by atoms with Gasteiger partial charge in [0.25, 0.3) is 0 Å². The molecule has 0 bridgehead atoms. The standard InChI is InChI=1S/C22H24FN4OS2/c1-16-24-20-15-17(7-8-21(20)30-16)28-14-4-9-26-10-12-27(13-11-26)22(29)25-19-6-3-2-5-18(19)23/h2-8,15H,9-14H2,1H3,(H,25,29). The fraction of sp³-hybridized carbons (Fsp3) is 0.318. The van der Waals surface area contributed by atoms with Gasteiger partial charge in [0.05, 0.1) is 27.5 Å². The lowest BCUT2D eigenvalue weighted by Crippen LogP contribution is -2.50. The molecule has 3 aromatic rings. The topological polar surface area (TPSA) is 40.6 Å². The predicted octanol–water partition coefficient (Wildman–Crippen LogP) is 4.34. The molecule has 1 radical (unpaired) electrons. The van der Waals surface area contributed by atoms with E-state index in [2.05, 4.69) is 32.6 Å². The normalized spacial score (nSPS) is 14.8. The van der Waals surface area contributed by atoms with Gasteiger partial charge in [-0.05, 0) is 43.4 Å². The second kappa shape index (κ2) is 9.68. The molecule has 157 valence electrons. The lowest BCUT2D eigenvalue weighted by Gasteiger charge is -2.36. The number of aryl methyl sites for hydroxylation is 1. The van der Waals surface area contributed by atoms with Crippen LogP contribution in [0.25, 0.3) is 10.2 Å². The summed E-state index contributed by atoms with van der Waals surface area (Å²) in [6, 6.07) is 12.6. The van der Waals surface area contributed by atoms with Crippen molar-refractivity contribution in [3.05, 3.63) is 59.7 Å². The number of thiazole rings is 1. The Morgan fingerprint density at radius 3 is 2.83 bits per heavy atom. The molecular formula is C22H24FN4OS2. The van der Waals surface area contributed by atoms with Gasteiger partial charge in [0, 0.05) is 45.2 Å². The van der Waals surface area contributed by atoms with Crippen LogP contribution in [0.5, 0.6) is 5.75 Å². The van der Waals surface area contributed by atoms with E-state index in [-0.39, 0.29) is 5.82 Å². The Bertz CT molecular complexity index is 1020. The van der Waals surface area contributed by atoms with Crippen molar-refractivity contribution in [2.45, 2.75) is 6.92 Å². The summed E-state index contributed by atoms with van der Waals surface area (Å²) in [6.07, 6.45) is 2.14. The molecule has 1 fully saturated rings. The zero-order valence-electron chi connectivity index (χ0n) is 16.8. The summed E-state index contributed by atoms with van der Waals surface area (Å²) in [5.74, 6) is 0.551. The van der Waals surface area contributed by atoms with E-state index in [0.717, 1.165) is 49.0 Å². The van der Waals surface area contributed by atoms with Crippen LogP contribution in [0.15, 0.2) is 42.5 Å². The maximum Gasteiger partial charge on any atom is 0.173 e. The zero-order chi connectivity index (χ0) is 20.9. The molecule has 1 N–H and O–H groups in total. The van der Waals surface area contributed by atoms with Crippen molar-refractivity contribution in [1.82, 2.24) is 14.8 Å². The van der Waals surface area contributed by atoms with E-state index in [1.165, 1.54) is 10.8 Å². The molecule has 0 saturated carbocycles. The molecule has 1 aromatic heterocycles. The average molecular weight is 444 g/mol. The molecule has 4 rings (SSSR count). The number of nitrogens with one attached hydrogen (secondary N) is 1. The predicted molar refractivity (Wildman–Crippen MR) is 125 cm³/mol. The van der Waals surface area contributed by atoms with E-state index in [4.69, 9.17) is 17.0 Å². The highest BCUT2D eigenvalue weighted by molar-refractivity contribution is 7.80. The molecule has 5 nitrogen and oxygen atoms in total. The van der Waals surface area contributed by atoms with Crippen molar-refractivity contribution >= 4 is 44.6 Å². The molecule has 0 amide bonds. The molecule has 2 heterocycles. The quantitative estimate of drug-likeness (QED) is 0.451. The maximum atomic E-state index is 13.8. The van der Waals surface area contributed by atoms with Gasteiger partial charge in [-0.2, -0.15) is 0 Å². The summed E-state index contributed by atoms with van der Waals surface area (Å²) < 4.78 is 20.8. The molecule has 2 aromatic carbocycles. The first-order chi connectivity index (χ1) is 14.6. The van der Waals surface area contributed by atoms with E-state index in [0.29, 0.717) is 17.4 Å². The molecule has 1 aliphatic rings. The van der Waals surface area contributed by atoms with Gasteiger partial charge >= 0.3 is 0 Å². The first-order valence-electron chi connectivity index (χ1n) is 9.93. The second-order valence-corrected chi connectivity index (χ2v) is 8.78. The molecule has 0 unspecified atom stereocenters. The third-order valence-corrected chi connectivity index (χ3v) is 6.31. The summed E-state index contributed by atoms with van der Waals surface area (Å²) >= 11 is 7.14. The Morgan fingerprint density at radius 2 is 2.03 bits per heavy atom. The van der Waals surface area contributed by atoms with E-state index >= 15 is 0 Å². The van der Waals surface area contributed by atoms with Crippen LogP contribution in [0, 0.1) is 19.2 Å². The number of rotatable bonds is 6. The number of hydrogen-bond donors (Lipinski definition) is 1. The van der Waals surface area contributed by atoms with Gasteiger partial charge in [-0.3, -0.25) is 4.90 Å². The summed E-state index contributed by atoms with van der Waals surface area (Å²) in [6.45, 7) is 6.87. The Kier molecular flexibility index (Phi) is 6.76. The lowest BCUT2D eigenvalue weighted by molar-refractivity contribution is 0.189. The number of nitrogens with zero attached hydrogens (tertiary/aromatic N) is 3. The van der Waals surface area contributed by atoms with Crippen molar-refractivity contribution in [3.63, 3.8) is 0 Å². The minimum absolute atomic E-state index is 0.294. The number of halogens is 1. The number of hydrogen-bond acceptors (Lipinski definition) is 5. The van der Waals surface area contributed by atoms with Crippen molar-refractivity contribution < 1.29 is 9.13 Å². The van der Waals surface area contributed by atoms with Gasteiger partial charge in [0.1, 0.15) is 11.6 Å². The first-order valence-corrected chi connectivity index (χ1v) is 11.2. The minimum atomic E-state index is -0.294. The number of ether oxygens (including phenoxy) is 1.